The number of carbonyl (C=O) groups excluding carboxylic acids is 1. The van der Waals surface area contributed by atoms with Crippen molar-refractivity contribution >= 4 is 56.5 Å². The summed E-state index contributed by atoms with van der Waals surface area (Å²) in [6, 6.07) is 18.6. The third-order valence-corrected chi connectivity index (χ3v) is 6.39. The number of nitrogens with one attached hydrogen (secondary N) is 1. The zero-order valence-corrected chi connectivity index (χ0v) is 17.6. The van der Waals surface area contributed by atoms with E-state index in [1.807, 2.05) is 41.8 Å². The SMILES string of the molecule is O=C(CSc1nc2ccsc2c(=O)n1Cc1ccccc1)Nc1ccccc1Cl. The Morgan fingerprint density at radius 2 is 1.86 bits per heavy atom. The maximum Gasteiger partial charge on any atom is 0.272 e. The fourth-order valence-electron chi connectivity index (χ4n) is 2.82. The van der Waals surface area contributed by atoms with Crippen LogP contribution < -0.4 is 10.9 Å². The number of nitrogens with zero attached hydrogens (tertiary/aromatic N) is 2. The van der Waals surface area contributed by atoms with E-state index in [0.717, 1.165) is 5.56 Å². The molecule has 0 saturated carbocycles. The molecule has 1 amide bonds. The Kier molecular flexibility index (Phi) is 5.99. The molecule has 4 aromatic rings. The van der Waals surface area contributed by atoms with Crippen LogP contribution in [-0.4, -0.2) is 21.2 Å². The quantitative estimate of drug-likeness (QED) is 0.342. The Hall–Kier alpha value is -2.61. The summed E-state index contributed by atoms with van der Waals surface area (Å²) in [5.41, 5.74) is 2.11. The minimum Gasteiger partial charge on any atom is -0.324 e. The predicted molar refractivity (Wildman–Crippen MR) is 120 cm³/mol. The highest BCUT2D eigenvalue weighted by Gasteiger charge is 2.15. The summed E-state index contributed by atoms with van der Waals surface area (Å²) in [4.78, 5) is 30.0. The molecule has 0 unspecified atom stereocenters. The fraction of sp³-hybridized carbons (Fsp3) is 0.0952. The van der Waals surface area contributed by atoms with Gasteiger partial charge in [-0.05, 0) is 29.1 Å². The van der Waals surface area contributed by atoms with Gasteiger partial charge in [0.1, 0.15) is 4.70 Å². The number of rotatable bonds is 6. The van der Waals surface area contributed by atoms with E-state index < -0.39 is 0 Å². The summed E-state index contributed by atoms with van der Waals surface area (Å²) in [6.07, 6.45) is 0. The molecule has 146 valence electrons. The van der Waals surface area contributed by atoms with Crippen molar-refractivity contribution in [2.45, 2.75) is 11.7 Å². The highest BCUT2D eigenvalue weighted by molar-refractivity contribution is 7.99. The van der Waals surface area contributed by atoms with E-state index in [1.165, 1.54) is 23.1 Å². The number of benzene rings is 2. The van der Waals surface area contributed by atoms with E-state index in [4.69, 9.17) is 11.6 Å². The summed E-state index contributed by atoms with van der Waals surface area (Å²) in [6.45, 7) is 0.398. The maximum atomic E-state index is 13.0. The first-order chi connectivity index (χ1) is 14.1. The van der Waals surface area contributed by atoms with Crippen LogP contribution in [0.1, 0.15) is 5.56 Å². The van der Waals surface area contributed by atoms with E-state index in [0.29, 0.717) is 32.6 Å². The molecule has 2 aromatic heterocycles. The Bertz CT molecular complexity index is 1220. The Morgan fingerprint density at radius 1 is 1.10 bits per heavy atom. The third-order valence-electron chi connectivity index (χ3n) is 4.19. The normalized spacial score (nSPS) is 10.9. The van der Waals surface area contributed by atoms with Crippen LogP contribution in [0.3, 0.4) is 0 Å². The van der Waals surface area contributed by atoms with Gasteiger partial charge >= 0.3 is 0 Å². The Balaban J connectivity index is 1.59. The van der Waals surface area contributed by atoms with E-state index in [1.54, 1.807) is 28.8 Å². The number of hydrogen-bond donors (Lipinski definition) is 1. The zero-order valence-electron chi connectivity index (χ0n) is 15.2. The number of thiophene rings is 1. The zero-order chi connectivity index (χ0) is 20.2. The lowest BCUT2D eigenvalue weighted by atomic mass is 10.2. The van der Waals surface area contributed by atoms with Gasteiger partial charge in [-0.15, -0.1) is 11.3 Å². The maximum absolute atomic E-state index is 13.0. The largest absolute Gasteiger partial charge is 0.324 e. The standard InChI is InChI=1S/C21H16ClN3O2S2/c22-15-8-4-5-9-16(15)23-18(26)13-29-21-24-17-10-11-28-19(17)20(27)25(21)12-14-6-2-1-3-7-14/h1-11H,12-13H2,(H,23,26). The van der Waals surface area contributed by atoms with Crippen molar-refractivity contribution in [2.75, 3.05) is 11.1 Å². The van der Waals surface area contributed by atoms with Gasteiger partial charge in [-0.25, -0.2) is 4.98 Å². The summed E-state index contributed by atoms with van der Waals surface area (Å²) in [7, 11) is 0. The molecule has 29 heavy (non-hydrogen) atoms. The monoisotopic (exact) mass is 441 g/mol. The van der Waals surface area contributed by atoms with Crippen LogP contribution in [0, 0.1) is 0 Å². The minimum atomic E-state index is -0.214. The molecule has 0 aliphatic carbocycles. The number of carbonyl (C=O) groups is 1. The van der Waals surface area contributed by atoms with Gasteiger partial charge in [-0.3, -0.25) is 14.2 Å². The van der Waals surface area contributed by atoms with E-state index >= 15 is 0 Å². The molecule has 0 aliphatic rings. The average Bonchev–Trinajstić information content (AvgIpc) is 3.20. The third kappa shape index (κ3) is 4.53. The molecule has 0 radical (unpaired) electrons. The van der Waals surface area contributed by atoms with E-state index in [2.05, 4.69) is 10.3 Å². The Labute approximate surface area is 180 Å². The molecule has 0 saturated heterocycles. The molecule has 0 spiro atoms. The number of halogens is 1. The van der Waals surface area contributed by atoms with Crippen LogP contribution in [0.4, 0.5) is 5.69 Å². The van der Waals surface area contributed by atoms with Crippen LogP contribution in [-0.2, 0) is 11.3 Å². The smallest absolute Gasteiger partial charge is 0.272 e. The van der Waals surface area contributed by atoms with Gasteiger partial charge in [0.25, 0.3) is 5.56 Å². The number of thioether (sulfide) groups is 1. The molecular weight excluding hydrogens is 426 g/mol. The average molecular weight is 442 g/mol. The molecule has 1 N–H and O–H groups in total. The van der Waals surface area contributed by atoms with Crippen molar-refractivity contribution < 1.29 is 4.79 Å². The number of fused-ring (bicyclic) bond motifs is 1. The summed E-state index contributed by atoms with van der Waals surface area (Å²) in [5.74, 6) is -0.101. The lowest BCUT2D eigenvalue weighted by molar-refractivity contribution is -0.113. The second kappa shape index (κ2) is 8.82. The van der Waals surface area contributed by atoms with Crippen LogP contribution >= 0.6 is 34.7 Å². The van der Waals surface area contributed by atoms with Crippen molar-refractivity contribution in [1.82, 2.24) is 9.55 Å². The Morgan fingerprint density at radius 3 is 2.66 bits per heavy atom. The van der Waals surface area contributed by atoms with E-state index in [-0.39, 0.29) is 17.2 Å². The molecule has 5 nitrogen and oxygen atoms in total. The molecule has 0 bridgehead atoms. The fourth-order valence-corrected chi connectivity index (χ4v) is 4.58. The second-order valence-electron chi connectivity index (χ2n) is 6.22. The first kappa shape index (κ1) is 19.7. The van der Waals surface area contributed by atoms with Crippen LogP contribution in [0.5, 0.6) is 0 Å². The number of anilines is 1. The van der Waals surface area contributed by atoms with Gasteiger partial charge in [-0.2, -0.15) is 0 Å². The first-order valence-corrected chi connectivity index (χ1v) is 11.1. The second-order valence-corrected chi connectivity index (χ2v) is 8.49. The lowest BCUT2D eigenvalue weighted by Crippen LogP contribution is -2.24. The number of amides is 1. The van der Waals surface area contributed by atoms with Crippen LogP contribution in [0.15, 0.2) is 76.0 Å². The first-order valence-electron chi connectivity index (χ1n) is 8.81. The summed E-state index contributed by atoms with van der Waals surface area (Å²) in [5, 5.41) is 5.63. The molecule has 0 aliphatic heterocycles. The van der Waals surface area contributed by atoms with Crippen molar-refractivity contribution in [1.29, 1.82) is 0 Å². The van der Waals surface area contributed by atoms with Gasteiger partial charge in [-0.1, -0.05) is 65.8 Å². The molecular formula is C21H16ClN3O2S2. The van der Waals surface area contributed by atoms with Gasteiger partial charge < -0.3 is 5.32 Å². The molecule has 0 fully saturated rings. The molecule has 0 atom stereocenters. The number of aromatic nitrogens is 2. The van der Waals surface area contributed by atoms with Gasteiger partial charge in [0.05, 0.1) is 28.5 Å². The summed E-state index contributed by atoms with van der Waals surface area (Å²) < 4.78 is 2.24. The predicted octanol–water partition coefficient (Wildman–Crippen LogP) is 4.89. The van der Waals surface area contributed by atoms with Crippen LogP contribution in [0.25, 0.3) is 10.2 Å². The lowest BCUT2D eigenvalue weighted by Gasteiger charge is -2.12. The van der Waals surface area contributed by atoms with Crippen molar-refractivity contribution in [3.8, 4) is 0 Å². The minimum absolute atomic E-state index is 0.0946. The highest BCUT2D eigenvalue weighted by atomic mass is 35.5. The molecule has 8 heteroatoms. The topological polar surface area (TPSA) is 64.0 Å². The van der Waals surface area contributed by atoms with Crippen molar-refractivity contribution in [3.63, 3.8) is 0 Å². The summed E-state index contributed by atoms with van der Waals surface area (Å²) >= 11 is 8.71. The van der Waals surface area contributed by atoms with Gasteiger partial charge in [0.15, 0.2) is 5.16 Å². The molecule has 2 aromatic carbocycles. The molecule has 4 rings (SSSR count). The highest BCUT2D eigenvalue weighted by Crippen LogP contribution is 2.23. The van der Waals surface area contributed by atoms with Crippen LogP contribution in [0.2, 0.25) is 5.02 Å². The van der Waals surface area contributed by atoms with Crippen molar-refractivity contribution in [3.05, 3.63) is 87.0 Å². The van der Waals surface area contributed by atoms with Gasteiger partial charge in [0.2, 0.25) is 5.91 Å². The number of para-hydroxylation sites is 1. The van der Waals surface area contributed by atoms with Crippen molar-refractivity contribution in [2.24, 2.45) is 0 Å². The van der Waals surface area contributed by atoms with E-state index in [9.17, 15) is 9.59 Å². The van der Waals surface area contributed by atoms with Gasteiger partial charge in [0, 0.05) is 0 Å². The molecule has 2 heterocycles. The number of hydrogen-bond acceptors (Lipinski definition) is 5.